The molecular formula is C3H4NS. The van der Waals surface area contributed by atoms with E-state index in [1.165, 1.54) is 0 Å². The van der Waals surface area contributed by atoms with Gasteiger partial charge in [0.1, 0.15) is 0 Å². The molecule has 0 rings (SSSR count). The van der Waals surface area contributed by atoms with Crippen molar-refractivity contribution in [1.82, 2.24) is 0 Å². The lowest BCUT2D eigenvalue weighted by Crippen LogP contribution is -1.58. The van der Waals surface area contributed by atoms with Gasteiger partial charge in [-0.05, 0) is 19.1 Å². The molecule has 0 bridgehead atoms. The zero-order valence-corrected chi connectivity index (χ0v) is 3.59. The summed E-state index contributed by atoms with van der Waals surface area (Å²) in [6.45, 7) is 3.88. The second-order valence-corrected chi connectivity index (χ2v) is 0.656. The molecule has 0 spiro atoms. The van der Waals surface area contributed by atoms with Crippen LogP contribution in [0.25, 0.3) is 0 Å². The normalized spacial score (nSPS) is 5.80. The molecule has 0 aliphatic heterocycles. The molecule has 0 aromatic carbocycles. The molecule has 0 aliphatic rings. The van der Waals surface area contributed by atoms with Gasteiger partial charge >= 0.3 is 0 Å². The Hall–Kier alpha value is -0.200. The zero-order valence-electron chi connectivity index (χ0n) is 2.77. The van der Waals surface area contributed by atoms with E-state index in [1.54, 1.807) is 0 Å². The highest BCUT2D eigenvalue weighted by Crippen LogP contribution is 1.54. The Morgan fingerprint density at radius 3 is 2.60 bits per heavy atom. The summed E-state index contributed by atoms with van der Waals surface area (Å²) < 4.78 is 0. The van der Waals surface area contributed by atoms with Crippen molar-refractivity contribution in [2.75, 3.05) is 6.54 Å². The van der Waals surface area contributed by atoms with Crippen molar-refractivity contribution >= 4 is 17.4 Å². The summed E-state index contributed by atoms with van der Waals surface area (Å²) in [7, 11) is 0. The monoisotopic (exact) mass is 86.0 g/mol. The van der Waals surface area contributed by atoms with E-state index in [0.29, 0.717) is 6.54 Å². The first-order valence-corrected chi connectivity index (χ1v) is 1.65. The van der Waals surface area contributed by atoms with Crippen molar-refractivity contribution in [3.05, 3.63) is 6.92 Å². The number of aliphatic imine (C=N–C) groups is 1. The average molecular weight is 86.1 g/mol. The van der Waals surface area contributed by atoms with Gasteiger partial charge in [0.05, 0.1) is 5.16 Å². The van der Waals surface area contributed by atoms with Crippen LogP contribution in [0.2, 0.25) is 0 Å². The highest BCUT2D eigenvalue weighted by Gasteiger charge is 1.49. The summed E-state index contributed by atoms with van der Waals surface area (Å²) in [5.74, 6) is 0. The summed E-state index contributed by atoms with van der Waals surface area (Å²) in [5.41, 5.74) is 0. The summed E-state index contributed by atoms with van der Waals surface area (Å²) in [6.07, 6.45) is 0. The third kappa shape index (κ3) is 3.80. The SMILES string of the molecule is [CH2]CN=C=S. The Bertz CT molecular complexity index is 53.9. The van der Waals surface area contributed by atoms with Crippen LogP contribution in [0.15, 0.2) is 4.99 Å². The van der Waals surface area contributed by atoms with Crippen molar-refractivity contribution in [1.29, 1.82) is 0 Å². The summed E-state index contributed by atoms with van der Waals surface area (Å²) >= 11 is 4.19. The molecule has 0 saturated carbocycles. The van der Waals surface area contributed by atoms with Gasteiger partial charge in [-0.1, -0.05) is 0 Å². The molecule has 0 fully saturated rings. The largest absolute Gasteiger partial charge is 0.233 e. The topological polar surface area (TPSA) is 12.4 Å². The molecule has 2 heteroatoms. The van der Waals surface area contributed by atoms with E-state index in [4.69, 9.17) is 0 Å². The predicted octanol–water partition coefficient (Wildman–Crippen LogP) is 0.923. The van der Waals surface area contributed by atoms with Gasteiger partial charge in [-0.25, -0.2) is 4.99 Å². The molecule has 0 aromatic rings. The maximum absolute atomic E-state index is 4.19. The molecule has 27 valence electrons. The molecule has 0 aliphatic carbocycles. The maximum atomic E-state index is 4.19. The van der Waals surface area contributed by atoms with Crippen LogP contribution >= 0.6 is 12.2 Å². The minimum absolute atomic E-state index is 0.503. The molecule has 0 amide bonds. The molecular weight excluding hydrogens is 82.1 g/mol. The number of isothiocyanates is 1. The van der Waals surface area contributed by atoms with Crippen molar-refractivity contribution in [3.63, 3.8) is 0 Å². The summed E-state index contributed by atoms with van der Waals surface area (Å²) in [6, 6.07) is 0. The van der Waals surface area contributed by atoms with E-state index in [-0.39, 0.29) is 0 Å². The minimum atomic E-state index is 0.503. The van der Waals surface area contributed by atoms with E-state index in [0.717, 1.165) is 0 Å². The van der Waals surface area contributed by atoms with E-state index in [1.807, 2.05) is 0 Å². The van der Waals surface area contributed by atoms with Crippen LogP contribution in [-0.4, -0.2) is 11.7 Å². The molecule has 1 nitrogen and oxygen atoms in total. The minimum Gasteiger partial charge on any atom is -0.233 e. The second kappa shape index (κ2) is 3.80. The van der Waals surface area contributed by atoms with Crippen LogP contribution < -0.4 is 0 Å². The van der Waals surface area contributed by atoms with Gasteiger partial charge in [-0.2, -0.15) is 0 Å². The maximum Gasteiger partial charge on any atom is 0.0584 e. The number of rotatable bonds is 1. The van der Waals surface area contributed by atoms with E-state index >= 15 is 0 Å². The van der Waals surface area contributed by atoms with Crippen molar-refractivity contribution in [2.24, 2.45) is 4.99 Å². The fourth-order valence-corrected chi connectivity index (χ4v) is 0.137. The molecule has 0 saturated heterocycles. The number of hydrogen-bond acceptors (Lipinski definition) is 2. The highest BCUT2D eigenvalue weighted by molar-refractivity contribution is 7.78. The van der Waals surface area contributed by atoms with E-state index in [9.17, 15) is 0 Å². The standard InChI is InChI=1S/C3H4NS/c1-2-4-3-5/h1-2H2. The molecule has 0 atom stereocenters. The lowest BCUT2D eigenvalue weighted by atomic mass is 10.8. The molecule has 0 N–H and O–H groups in total. The van der Waals surface area contributed by atoms with Gasteiger partial charge in [0.25, 0.3) is 0 Å². The van der Waals surface area contributed by atoms with Gasteiger partial charge in [-0.3, -0.25) is 0 Å². The smallest absolute Gasteiger partial charge is 0.0584 e. The fraction of sp³-hybridized carbons (Fsp3) is 0.333. The average Bonchev–Trinajstić information content (AvgIpc) is 1.41. The summed E-state index contributed by atoms with van der Waals surface area (Å²) in [5, 5.41) is 2.16. The molecule has 1 radical (unpaired) electrons. The van der Waals surface area contributed by atoms with Crippen LogP contribution in [-0.2, 0) is 0 Å². The quantitative estimate of drug-likeness (QED) is 0.341. The van der Waals surface area contributed by atoms with Gasteiger partial charge in [0.15, 0.2) is 0 Å². The van der Waals surface area contributed by atoms with Crippen molar-refractivity contribution in [2.45, 2.75) is 0 Å². The number of hydrogen-bond donors (Lipinski definition) is 0. The van der Waals surface area contributed by atoms with Gasteiger partial charge in [-0.15, -0.1) is 0 Å². The highest BCUT2D eigenvalue weighted by atomic mass is 32.1. The van der Waals surface area contributed by atoms with Crippen LogP contribution in [0, 0.1) is 6.92 Å². The Morgan fingerprint density at radius 2 is 2.60 bits per heavy atom. The van der Waals surface area contributed by atoms with Gasteiger partial charge in [0.2, 0.25) is 0 Å². The van der Waals surface area contributed by atoms with E-state index < -0.39 is 0 Å². The fourth-order valence-electron chi connectivity index (χ4n) is 0.0456. The third-order valence-electron chi connectivity index (χ3n) is 0.176. The van der Waals surface area contributed by atoms with Crippen LogP contribution in [0.5, 0.6) is 0 Å². The summed E-state index contributed by atoms with van der Waals surface area (Å²) in [4.78, 5) is 3.43. The zero-order chi connectivity index (χ0) is 4.12. The van der Waals surface area contributed by atoms with Gasteiger partial charge in [0, 0.05) is 6.54 Å². The van der Waals surface area contributed by atoms with Crippen LogP contribution in [0.1, 0.15) is 0 Å². The predicted molar refractivity (Wildman–Crippen MR) is 25.2 cm³/mol. The van der Waals surface area contributed by atoms with Crippen LogP contribution in [0.3, 0.4) is 0 Å². The Labute approximate surface area is 36.7 Å². The lowest BCUT2D eigenvalue weighted by molar-refractivity contribution is 1.27. The van der Waals surface area contributed by atoms with Crippen molar-refractivity contribution in [3.8, 4) is 0 Å². The lowest BCUT2D eigenvalue weighted by Gasteiger charge is -1.60. The Morgan fingerprint density at radius 1 is 2.00 bits per heavy atom. The second-order valence-electron chi connectivity index (χ2n) is 0.473. The molecule has 0 unspecified atom stereocenters. The first-order valence-electron chi connectivity index (χ1n) is 1.24. The molecule has 0 heterocycles. The number of thiocarbonyl (C=S) groups is 1. The Kier molecular flexibility index (Phi) is 3.65. The first-order chi connectivity index (χ1) is 2.41. The van der Waals surface area contributed by atoms with Crippen molar-refractivity contribution < 1.29 is 0 Å². The van der Waals surface area contributed by atoms with E-state index in [2.05, 4.69) is 29.3 Å². The third-order valence-corrected chi connectivity index (χ3v) is 0.305. The van der Waals surface area contributed by atoms with Gasteiger partial charge < -0.3 is 0 Å². The Balaban J connectivity index is 2.93. The van der Waals surface area contributed by atoms with Crippen LogP contribution in [0.4, 0.5) is 0 Å². The number of nitrogens with zero attached hydrogens (tertiary/aromatic N) is 1. The first kappa shape index (κ1) is 4.80. The molecule has 0 aromatic heterocycles. The molecule has 5 heavy (non-hydrogen) atoms.